The monoisotopic (exact) mass is 376 g/mol. The lowest BCUT2D eigenvalue weighted by Gasteiger charge is -2.19. The van der Waals surface area contributed by atoms with E-state index in [4.69, 9.17) is 9.40 Å². The first kappa shape index (κ1) is 17.5. The number of fused-ring (bicyclic) bond motifs is 1. The zero-order chi connectivity index (χ0) is 19.0. The quantitative estimate of drug-likeness (QED) is 0.461. The molecule has 0 N–H and O–H groups in total. The highest BCUT2D eigenvalue weighted by Gasteiger charge is 2.23. The summed E-state index contributed by atoms with van der Waals surface area (Å²) in [4.78, 5) is 19.8. The Labute approximate surface area is 162 Å². The summed E-state index contributed by atoms with van der Waals surface area (Å²) in [5.41, 5.74) is 4.96. The summed E-state index contributed by atoms with van der Waals surface area (Å²) < 4.78 is 6.58. The van der Waals surface area contributed by atoms with Gasteiger partial charge in [-0.2, -0.15) is 0 Å². The van der Waals surface area contributed by atoms with Crippen LogP contribution in [0.1, 0.15) is 32.8 Å². The van der Waals surface area contributed by atoms with Gasteiger partial charge in [-0.3, -0.25) is 9.69 Å². The molecule has 0 aliphatic carbocycles. The second-order valence-corrected chi connectivity index (χ2v) is 7.77. The first-order valence-electron chi connectivity index (χ1n) is 8.80. The van der Waals surface area contributed by atoms with E-state index in [-0.39, 0.29) is 5.91 Å². The van der Waals surface area contributed by atoms with Crippen molar-refractivity contribution in [2.24, 2.45) is 0 Å². The first-order valence-corrected chi connectivity index (χ1v) is 9.61. The van der Waals surface area contributed by atoms with Gasteiger partial charge in [0.1, 0.15) is 5.76 Å². The number of carbonyl (C=O) groups is 1. The summed E-state index contributed by atoms with van der Waals surface area (Å²) >= 11 is 1.54. The minimum absolute atomic E-state index is 0.0801. The molecule has 1 amide bonds. The number of furan rings is 1. The Morgan fingerprint density at radius 2 is 1.93 bits per heavy atom. The zero-order valence-electron chi connectivity index (χ0n) is 15.5. The van der Waals surface area contributed by atoms with E-state index in [0.29, 0.717) is 17.2 Å². The van der Waals surface area contributed by atoms with Crippen molar-refractivity contribution in [3.8, 4) is 0 Å². The molecule has 136 valence electrons. The molecule has 0 aliphatic heterocycles. The molecule has 5 heteroatoms. The number of carbonyl (C=O) groups excluding carboxylic acids is 1. The number of thiazole rings is 1. The average Bonchev–Trinajstić information content (AvgIpc) is 3.28. The Kier molecular flexibility index (Phi) is 4.54. The maximum atomic E-state index is 13.3. The average molecular weight is 376 g/mol. The van der Waals surface area contributed by atoms with Crippen LogP contribution in [0.5, 0.6) is 0 Å². The molecule has 0 aliphatic rings. The largest absolute Gasteiger partial charge is 0.467 e. The number of aryl methyl sites for hydroxylation is 3. The molecule has 0 atom stereocenters. The summed E-state index contributed by atoms with van der Waals surface area (Å²) in [7, 11) is 0. The van der Waals surface area contributed by atoms with Crippen molar-refractivity contribution in [1.82, 2.24) is 4.98 Å². The predicted molar refractivity (Wildman–Crippen MR) is 109 cm³/mol. The third kappa shape index (κ3) is 3.51. The molecule has 0 spiro atoms. The van der Waals surface area contributed by atoms with Crippen LogP contribution >= 0.6 is 11.3 Å². The van der Waals surface area contributed by atoms with Crippen molar-refractivity contribution >= 4 is 32.6 Å². The van der Waals surface area contributed by atoms with Crippen molar-refractivity contribution in [3.63, 3.8) is 0 Å². The SMILES string of the molecule is Cc1cccc(C(=O)N(Cc2ccco2)c2nc3c(C)cc(C)cc3s2)c1. The van der Waals surface area contributed by atoms with E-state index in [1.165, 1.54) is 16.9 Å². The van der Waals surface area contributed by atoms with Gasteiger partial charge in [-0.05, 0) is 62.2 Å². The molecule has 2 aromatic carbocycles. The van der Waals surface area contributed by atoms with Crippen LogP contribution in [-0.4, -0.2) is 10.9 Å². The molecule has 2 heterocycles. The van der Waals surface area contributed by atoms with Crippen LogP contribution in [0.3, 0.4) is 0 Å². The molecular weight excluding hydrogens is 356 g/mol. The summed E-state index contributed by atoms with van der Waals surface area (Å²) in [5.74, 6) is 0.645. The third-order valence-corrected chi connectivity index (χ3v) is 5.48. The number of benzene rings is 2. The topological polar surface area (TPSA) is 46.3 Å². The van der Waals surface area contributed by atoms with Gasteiger partial charge in [-0.15, -0.1) is 0 Å². The molecule has 0 saturated heterocycles. The van der Waals surface area contributed by atoms with Gasteiger partial charge in [0.05, 0.1) is 23.0 Å². The van der Waals surface area contributed by atoms with Gasteiger partial charge < -0.3 is 4.42 Å². The minimum atomic E-state index is -0.0801. The second-order valence-electron chi connectivity index (χ2n) is 6.77. The maximum absolute atomic E-state index is 13.3. The van der Waals surface area contributed by atoms with Gasteiger partial charge in [-0.25, -0.2) is 4.98 Å². The maximum Gasteiger partial charge on any atom is 0.260 e. The van der Waals surface area contributed by atoms with Crippen LogP contribution in [0.4, 0.5) is 5.13 Å². The lowest BCUT2D eigenvalue weighted by Crippen LogP contribution is -2.30. The molecule has 4 nitrogen and oxygen atoms in total. The van der Waals surface area contributed by atoms with Gasteiger partial charge in [0, 0.05) is 5.56 Å². The summed E-state index contributed by atoms with van der Waals surface area (Å²) in [6.45, 7) is 6.46. The van der Waals surface area contributed by atoms with E-state index in [0.717, 1.165) is 27.1 Å². The van der Waals surface area contributed by atoms with Gasteiger partial charge in [0.2, 0.25) is 0 Å². The van der Waals surface area contributed by atoms with Crippen molar-refractivity contribution in [2.75, 3.05) is 4.90 Å². The first-order chi connectivity index (χ1) is 13.0. The zero-order valence-corrected chi connectivity index (χ0v) is 16.3. The molecular formula is C22H20N2O2S. The normalized spacial score (nSPS) is 11.1. The second kappa shape index (κ2) is 7.00. The number of hydrogen-bond acceptors (Lipinski definition) is 4. The Bertz CT molecular complexity index is 1110. The molecule has 2 aromatic heterocycles. The number of anilines is 1. The van der Waals surface area contributed by atoms with E-state index >= 15 is 0 Å². The Hall–Kier alpha value is -2.92. The summed E-state index contributed by atoms with van der Waals surface area (Å²) in [5, 5.41) is 0.682. The number of rotatable bonds is 4. The Balaban J connectivity index is 1.80. The van der Waals surface area contributed by atoms with E-state index in [9.17, 15) is 4.79 Å². The van der Waals surface area contributed by atoms with E-state index in [1.807, 2.05) is 43.3 Å². The fourth-order valence-electron chi connectivity index (χ4n) is 3.19. The minimum Gasteiger partial charge on any atom is -0.467 e. The van der Waals surface area contributed by atoms with Crippen molar-refractivity contribution in [3.05, 3.63) is 82.8 Å². The number of hydrogen-bond donors (Lipinski definition) is 0. The number of aromatic nitrogens is 1. The lowest BCUT2D eigenvalue weighted by atomic mass is 10.1. The molecule has 0 fully saturated rings. The smallest absolute Gasteiger partial charge is 0.260 e. The predicted octanol–water partition coefficient (Wildman–Crippen LogP) is 5.66. The molecule has 4 aromatic rings. The van der Waals surface area contributed by atoms with Crippen LogP contribution in [0.2, 0.25) is 0 Å². The van der Waals surface area contributed by atoms with Gasteiger partial charge in [0.25, 0.3) is 5.91 Å². The summed E-state index contributed by atoms with van der Waals surface area (Å²) in [6.07, 6.45) is 1.62. The fourth-order valence-corrected chi connectivity index (χ4v) is 4.33. The van der Waals surface area contributed by atoms with Gasteiger partial charge in [-0.1, -0.05) is 35.1 Å². The molecule has 0 saturated carbocycles. The highest BCUT2D eigenvalue weighted by molar-refractivity contribution is 7.22. The van der Waals surface area contributed by atoms with Gasteiger partial charge in [0.15, 0.2) is 5.13 Å². The molecule has 0 radical (unpaired) electrons. The Morgan fingerprint density at radius 3 is 2.67 bits per heavy atom. The lowest BCUT2D eigenvalue weighted by molar-refractivity contribution is 0.0983. The van der Waals surface area contributed by atoms with Crippen molar-refractivity contribution < 1.29 is 9.21 Å². The number of amides is 1. The van der Waals surface area contributed by atoms with E-state index < -0.39 is 0 Å². The summed E-state index contributed by atoms with van der Waals surface area (Å²) in [6, 6.07) is 15.6. The van der Waals surface area contributed by atoms with Crippen molar-refractivity contribution in [2.45, 2.75) is 27.3 Å². The molecule has 0 unspecified atom stereocenters. The fraction of sp³-hybridized carbons (Fsp3) is 0.182. The van der Waals surface area contributed by atoms with Crippen LogP contribution in [-0.2, 0) is 6.54 Å². The van der Waals surface area contributed by atoms with Crippen LogP contribution in [0.15, 0.2) is 59.2 Å². The van der Waals surface area contributed by atoms with Gasteiger partial charge >= 0.3 is 0 Å². The van der Waals surface area contributed by atoms with Crippen LogP contribution in [0.25, 0.3) is 10.2 Å². The Morgan fingerprint density at radius 1 is 1.07 bits per heavy atom. The van der Waals surface area contributed by atoms with Crippen LogP contribution in [0, 0.1) is 20.8 Å². The van der Waals surface area contributed by atoms with E-state index in [2.05, 4.69) is 26.0 Å². The van der Waals surface area contributed by atoms with Crippen molar-refractivity contribution in [1.29, 1.82) is 0 Å². The molecule has 27 heavy (non-hydrogen) atoms. The highest BCUT2D eigenvalue weighted by atomic mass is 32.1. The molecule has 0 bridgehead atoms. The highest BCUT2D eigenvalue weighted by Crippen LogP contribution is 2.33. The van der Waals surface area contributed by atoms with E-state index in [1.54, 1.807) is 11.2 Å². The standard InChI is InChI=1S/C22H20N2O2S/c1-14-6-4-7-17(11-14)21(25)24(13-18-8-5-9-26-18)22-23-20-16(3)10-15(2)12-19(20)27-22/h4-12H,13H2,1-3H3. The third-order valence-electron chi connectivity index (χ3n) is 4.45. The molecule has 4 rings (SSSR count). The number of nitrogens with zero attached hydrogens (tertiary/aromatic N) is 2. The van der Waals surface area contributed by atoms with Crippen LogP contribution < -0.4 is 4.90 Å².